The van der Waals surface area contributed by atoms with E-state index in [-0.39, 0.29) is 12.3 Å². The summed E-state index contributed by atoms with van der Waals surface area (Å²) in [5, 5.41) is 58.0. The molecule has 0 aromatic rings. The van der Waals surface area contributed by atoms with Gasteiger partial charge in [-0.25, -0.2) is 0 Å². The molecule has 3 amide bonds. The van der Waals surface area contributed by atoms with E-state index in [1.54, 1.807) is 0 Å². The van der Waals surface area contributed by atoms with Gasteiger partial charge in [0.1, 0.15) is 36.5 Å². The number of carbonyl (C=O) groups excluding carboxylic acids is 5. The monoisotopic (exact) mass is 527 g/mol. The third-order valence-electron chi connectivity index (χ3n) is 4.96. The Morgan fingerprint density at radius 2 is 1.61 bits per heavy atom. The van der Waals surface area contributed by atoms with Gasteiger partial charge in [-0.1, -0.05) is 0 Å². The molecule has 14 N–H and O–H groups in total. The Labute approximate surface area is 206 Å². The SMILES string of the molecule is CC(=O)N[C@H]1C(O)O[C@H](CO)[C@@H](O)[C@@H]1O[C@H](C)C(=O)N[C@@H](C)C(=O)N[C@H](CCC(=O)[O-])C(=O)[O-].[NH4+].[NH4+]. The summed E-state index contributed by atoms with van der Waals surface area (Å²) < 4.78 is 10.5. The first-order valence-corrected chi connectivity index (χ1v) is 10.3. The van der Waals surface area contributed by atoms with E-state index in [0.29, 0.717) is 0 Å². The molecule has 1 unspecified atom stereocenters. The molecule has 1 fully saturated rings. The number of aliphatic carboxylic acids is 2. The zero-order chi connectivity index (χ0) is 26.2. The third-order valence-corrected chi connectivity index (χ3v) is 4.96. The van der Waals surface area contributed by atoms with Crippen LogP contribution in [0.5, 0.6) is 0 Å². The summed E-state index contributed by atoms with van der Waals surface area (Å²) in [6, 6.07) is -4.21. The minimum absolute atomic E-state index is 0. The zero-order valence-electron chi connectivity index (χ0n) is 20.8. The van der Waals surface area contributed by atoms with Crippen LogP contribution in [-0.2, 0) is 33.4 Å². The molecule has 0 aromatic heterocycles. The number of carboxylic acid groups (broad SMARTS) is 2. The van der Waals surface area contributed by atoms with Crippen molar-refractivity contribution in [3.05, 3.63) is 0 Å². The number of ether oxygens (including phenoxy) is 2. The van der Waals surface area contributed by atoms with Crippen LogP contribution < -0.4 is 38.5 Å². The minimum atomic E-state index is -1.72. The summed E-state index contributed by atoms with van der Waals surface area (Å²) in [6.45, 7) is 2.91. The first-order valence-electron chi connectivity index (χ1n) is 10.3. The van der Waals surface area contributed by atoms with Crippen LogP contribution in [-0.4, -0.2) is 100 Å². The predicted molar refractivity (Wildman–Crippen MR) is 117 cm³/mol. The largest absolute Gasteiger partial charge is 0.550 e. The maximum absolute atomic E-state index is 12.5. The summed E-state index contributed by atoms with van der Waals surface area (Å²) >= 11 is 0. The van der Waals surface area contributed by atoms with Crippen LogP contribution in [0, 0.1) is 0 Å². The second-order valence-corrected chi connectivity index (χ2v) is 7.73. The van der Waals surface area contributed by atoms with Gasteiger partial charge in [0.15, 0.2) is 6.29 Å². The molecule has 1 saturated heterocycles. The van der Waals surface area contributed by atoms with E-state index in [1.165, 1.54) is 13.8 Å². The van der Waals surface area contributed by atoms with Crippen molar-refractivity contribution in [3.8, 4) is 0 Å². The molecule has 17 heteroatoms. The summed E-state index contributed by atoms with van der Waals surface area (Å²) in [7, 11) is 0. The maximum atomic E-state index is 12.5. The lowest BCUT2D eigenvalue weighted by molar-refractivity contribution is -0.310. The molecule has 0 aliphatic carbocycles. The number of hydrogen-bond donors (Lipinski definition) is 8. The molecule has 0 saturated carbocycles. The van der Waals surface area contributed by atoms with Crippen LogP contribution in [0.2, 0.25) is 0 Å². The smallest absolute Gasteiger partial charge is 0.249 e. The van der Waals surface area contributed by atoms with Crippen molar-refractivity contribution in [1.82, 2.24) is 28.3 Å². The number of amides is 3. The molecule has 1 aliphatic rings. The van der Waals surface area contributed by atoms with Gasteiger partial charge in [0.05, 0.1) is 18.6 Å². The molecular weight excluding hydrogens is 490 g/mol. The number of aliphatic hydroxyl groups is 3. The van der Waals surface area contributed by atoms with Gasteiger partial charge in [0.25, 0.3) is 0 Å². The van der Waals surface area contributed by atoms with E-state index in [0.717, 1.165) is 6.92 Å². The third kappa shape index (κ3) is 10.4. The Hall–Kier alpha value is -2.93. The standard InChI is InChI=1S/C19H31N3O12.2H3N/c1-7(16(28)22-10(18(30)31)4-5-12(25)26)20-17(29)8(2)33-15-13(21-9(3)24)19(32)34-11(6-23)14(15)27;;/h7-8,10-11,13-15,19,23,27,32H,4-6H2,1-3H3,(H,20,29)(H,21,24)(H,22,28)(H,25,26)(H,30,31);2*1H3/t7-,8+,10+,11+,13+,14+,15+,19?;;/m0../s1. The Balaban J connectivity index is 0. The molecule has 36 heavy (non-hydrogen) atoms. The molecule has 1 rings (SSSR count). The lowest BCUT2D eigenvalue weighted by Crippen LogP contribution is -2.65. The number of carboxylic acids is 2. The molecule has 17 nitrogen and oxygen atoms in total. The second-order valence-electron chi connectivity index (χ2n) is 7.73. The number of rotatable bonds is 12. The molecule has 210 valence electrons. The van der Waals surface area contributed by atoms with Crippen molar-refractivity contribution < 1.29 is 59.0 Å². The number of hydrogen-bond acceptors (Lipinski definition) is 12. The molecule has 1 aliphatic heterocycles. The predicted octanol–water partition coefficient (Wildman–Crippen LogP) is -5.64. The summed E-state index contributed by atoms with van der Waals surface area (Å²) in [5.74, 6) is -5.67. The molecule has 0 bridgehead atoms. The van der Waals surface area contributed by atoms with Crippen LogP contribution in [0.1, 0.15) is 33.6 Å². The Morgan fingerprint density at radius 1 is 1.03 bits per heavy atom. The van der Waals surface area contributed by atoms with Crippen molar-refractivity contribution >= 4 is 29.7 Å². The van der Waals surface area contributed by atoms with Crippen molar-refractivity contribution in [3.63, 3.8) is 0 Å². The van der Waals surface area contributed by atoms with Gasteiger partial charge in [-0.15, -0.1) is 0 Å². The highest BCUT2D eigenvalue weighted by Crippen LogP contribution is 2.23. The molecular formula is C19H37N5O12. The second kappa shape index (κ2) is 15.9. The van der Waals surface area contributed by atoms with Gasteiger partial charge in [0.2, 0.25) is 17.7 Å². The van der Waals surface area contributed by atoms with Gasteiger partial charge in [-0.2, -0.15) is 0 Å². The van der Waals surface area contributed by atoms with Gasteiger partial charge in [-0.05, 0) is 26.7 Å². The Kier molecular flexibility index (Phi) is 15.6. The first kappa shape index (κ1) is 35.2. The van der Waals surface area contributed by atoms with Crippen LogP contribution in [0.4, 0.5) is 0 Å². The topological polar surface area (TPSA) is 320 Å². The highest BCUT2D eigenvalue weighted by atomic mass is 16.6. The fraction of sp³-hybridized carbons (Fsp3) is 0.737. The van der Waals surface area contributed by atoms with Crippen LogP contribution in [0.15, 0.2) is 0 Å². The van der Waals surface area contributed by atoms with Gasteiger partial charge in [-0.3, -0.25) is 14.4 Å². The van der Waals surface area contributed by atoms with E-state index >= 15 is 0 Å². The molecule has 0 radical (unpaired) electrons. The number of aliphatic hydroxyl groups excluding tert-OH is 3. The number of carbonyl (C=O) groups is 5. The van der Waals surface area contributed by atoms with E-state index in [2.05, 4.69) is 10.6 Å². The fourth-order valence-corrected chi connectivity index (χ4v) is 3.14. The number of quaternary nitrogens is 2. The quantitative estimate of drug-likeness (QED) is 0.118. The Bertz CT molecular complexity index is 769. The Morgan fingerprint density at radius 3 is 2.08 bits per heavy atom. The van der Waals surface area contributed by atoms with E-state index < -0.39 is 97.9 Å². The van der Waals surface area contributed by atoms with Crippen LogP contribution in [0.3, 0.4) is 0 Å². The zero-order valence-corrected chi connectivity index (χ0v) is 20.8. The maximum Gasteiger partial charge on any atom is 0.249 e. The van der Waals surface area contributed by atoms with Gasteiger partial charge >= 0.3 is 0 Å². The minimum Gasteiger partial charge on any atom is -0.550 e. The van der Waals surface area contributed by atoms with Crippen molar-refractivity contribution in [2.24, 2.45) is 0 Å². The summed E-state index contributed by atoms with van der Waals surface area (Å²) in [5.41, 5.74) is 0. The lowest BCUT2D eigenvalue weighted by atomic mass is 9.96. The highest BCUT2D eigenvalue weighted by Gasteiger charge is 2.46. The average molecular weight is 528 g/mol. The molecule has 1 heterocycles. The van der Waals surface area contributed by atoms with Crippen LogP contribution in [0.25, 0.3) is 0 Å². The highest BCUT2D eigenvalue weighted by molar-refractivity contribution is 5.91. The van der Waals surface area contributed by atoms with E-state index in [4.69, 9.17) is 9.47 Å². The van der Waals surface area contributed by atoms with Crippen molar-refractivity contribution in [2.45, 2.75) is 82.4 Å². The van der Waals surface area contributed by atoms with E-state index in [9.17, 15) is 49.5 Å². The summed E-state index contributed by atoms with van der Waals surface area (Å²) in [4.78, 5) is 57.8. The van der Waals surface area contributed by atoms with Crippen molar-refractivity contribution in [2.75, 3.05) is 6.61 Å². The number of nitrogens with one attached hydrogen (secondary N) is 3. The molecule has 0 spiro atoms. The van der Waals surface area contributed by atoms with Crippen molar-refractivity contribution in [1.29, 1.82) is 0 Å². The van der Waals surface area contributed by atoms with Crippen LogP contribution >= 0.6 is 0 Å². The lowest BCUT2D eigenvalue weighted by Gasteiger charge is -2.43. The van der Waals surface area contributed by atoms with Gasteiger partial charge in [0, 0.05) is 12.9 Å². The average Bonchev–Trinajstić information content (AvgIpc) is 2.74. The summed E-state index contributed by atoms with van der Waals surface area (Å²) in [6.07, 6.45) is -8.36. The van der Waals surface area contributed by atoms with E-state index in [1.807, 2.05) is 5.32 Å². The fourth-order valence-electron chi connectivity index (χ4n) is 3.14. The first-order chi connectivity index (χ1) is 15.8. The molecule has 8 atom stereocenters. The molecule has 0 aromatic carbocycles. The van der Waals surface area contributed by atoms with Gasteiger partial charge < -0.3 is 72.8 Å². The normalized spacial score (nSPS) is 25.6.